The highest BCUT2D eigenvalue weighted by molar-refractivity contribution is 5.17. The largest absolute Gasteiger partial charge is 0.468 e. The van der Waals surface area contributed by atoms with Crippen molar-refractivity contribution < 1.29 is 17.9 Å². The van der Waals surface area contributed by atoms with E-state index in [0.29, 0.717) is 0 Å². The van der Waals surface area contributed by atoms with Gasteiger partial charge in [0.25, 0.3) is 0 Å². The summed E-state index contributed by atoms with van der Waals surface area (Å²) in [7, 11) is 0. The van der Waals surface area contributed by atoms with Crippen LogP contribution in [0.25, 0.3) is 0 Å². The lowest BCUT2D eigenvalue weighted by atomic mass is 10.2. The molecule has 1 aromatic rings. The first-order valence-corrected chi connectivity index (χ1v) is 5.16. The van der Waals surface area contributed by atoms with Crippen molar-refractivity contribution in [1.82, 2.24) is 4.98 Å². The maximum atomic E-state index is 11.7. The van der Waals surface area contributed by atoms with E-state index >= 15 is 0 Å². The van der Waals surface area contributed by atoms with Gasteiger partial charge in [-0.1, -0.05) is 26.8 Å². The zero-order valence-electron chi connectivity index (χ0n) is 9.64. The number of rotatable bonds is 3. The highest BCUT2D eigenvalue weighted by Crippen LogP contribution is 2.16. The summed E-state index contributed by atoms with van der Waals surface area (Å²) in [5.74, 6) is -0.000440. The van der Waals surface area contributed by atoms with Crippen molar-refractivity contribution in [2.24, 2.45) is 0 Å². The van der Waals surface area contributed by atoms with Crippen molar-refractivity contribution in [1.29, 1.82) is 0 Å². The number of ether oxygens (including phenoxy) is 1. The van der Waals surface area contributed by atoms with Gasteiger partial charge < -0.3 is 4.74 Å². The second-order valence-corrected chi connectivity index (χ2v) is 2.76. The van der Waals surface area contributed by atoms with Crippen LogP contribution in [0.5, 0.6) is 5.88 Å². The Morgan fingerprint density at radius 2 is 1.88 bits per heavy atom. The molecule has 5 heteroatoms. The molecule has 16 heavy (non-hydrogen) atoms. The number of hydrogen-bond donors (Lipinski definition) is 0. The van der Waals surface area contributed by atoms with E-state index in [4.69, 9.17) is 0 Å². The maximum absolute atomic E-state index is 11.7. The molecule has 0 atom stereocenters. The van der Waals surface area contributed by atoms with Gasteiger partial charge in [-0.2, -0.15) is 13.2 Å². The lowest BCUT2D eigenvalue weighted by Crippen LogP contribution is -2.19. The van der Waals surface area contributed by atoms with Crippen molar-refractivity contribution in [2.75, 3.05) is 6.61 Å². The molecule has 0 N–H and O–H groups in total. The van der Waals surface area contributed by atoms with E-state index in [0.717, 1.165) is 12.0 Å². The van der Waals surface area contributed by atoms with Crippen LogP contribution in [0.2, 0.25) is 0 Å². The second kappa shape index (κ2) is 7.09. The summed E-state index contributed by atoms with van der Waals surface area (Å²) < 4.78 is 39.6. The quantitative estimate of drug-likeness (QED) is 0.798. The van der Waals surface area contributed by atoms with E-state index in [-0.39, 0.29) is 5.88 Å². The Morgan fingerprint density at radius 1 is 1.25 bits per heavy atom. The third-order valence-electron chi connectivity index (χ3n) is 1.59. The van der Waals surface area contributed by atoms with Crippen LogP contribution in [-0.2, 0) is 6.42 Å². The van der Waals surface area contributed by atoms with Crippen LogP contribution >= 0.6 is 0 Å². The normalized spacial score (nSPS) is 10.4. The van der Waals surface area contributed by atoms with Crippen molar-refractivity contribution in [2.45, 2.75) is 33.4 Å². The second-order valence-electron chi connectivity index (χ2n) is 2.76. The van der Waals surface area contributed by atoms with Gasteiger partial charge in [0, 0.05) is 12.3 Å². The highest BCUT2D eigenvalue weighted by atomic mass is 19.4. The Labute approximate surface area is 93.5 Å². The average molecular weight is 235 g/mol. The minimum Gasteiger partial charge on any atom is -0.468 e. The molecule has 0 spiro atoms. The molecule has 0 bridgehead atoms. The van der Waals surface area contributed by atoms with E-state index in [2.05, 4.69) is 9.72 Å². The molecule has 1 aromatic heterocycles. The van der Waals surface area contributed by atoms with Gasteiger partial charge >= 0.3 is 6.18 Å². The van der Waals surface area contributed by atoms with Crippen LogP contribution in [-0.4, -0.2) is 17.8 Å². The van der Waals surface area contributed by atoms with Gasteiger partial charge in [-0.3, -0.25) is 0 Å². The van der Waals surface area contributed by atoms with Gasteiger partial charge in [-0.05, 0) is 12.0 Å². The van der Waals surface area contributed by atoms with Gasteiger partial charge in [0.1, 0.15) is 0 Å². The summed E-state index contributed by atoms with van der Waals surface area (Å²) in [5.41, 5.74) is 0.962. The van der Waals surface area contributed by atoms with Gasteiger partial charge in [0.15, 0.2) is 6.61 Å². The lowest BCUT2D eigenvalue weighted by Gasteiger charge is -2.08. The third-order valence-corrected chi connectivity index (χ3v) is 1.59. The van der Waals surface area contributed by atoms with Gasteiger partial charge in [-0.15, -0.1) is 0 Å². The first kappa shape index (κ1) is 14.7. The van der Waals surface area contributed by atoms with Crippen LogP contribution in [0.15, 0.2) is 18.3 Å². The first-order chi connectivity index (χ1) is 7.51. The summed E-state index contributed by atoms with van der Waals surface area (Å²) in [6.07, 6.45) is -2.01. The third kappa shape index (κ3) is 6.27. The monoisotopic (exact) mass is 235 g/mol. The van der Waals surface area contributed by atoms with Crippen LogP contribution < -0.4 is 4.74 Å². The fourth-order valence-corrected chi connectivity index (χ4v) is 0.861. The number of alkyl halides is 3. The number of aryl methyl sites for hydroxylation is 1. The maximum Gasteiger partial charge on any atom is 0.422 e. The minimum atomic E-state index is -4.31. The van der Waals surface area contributed by atoms with Crippen LogP contribution in [0.4, 0.5) is 13.2 Å². The molecular formula is C11H16F3NO. The van der Waals surface area contributed by atoms with E-state index in [9.17, 15) is 13.2 Å². The summed E-state index contributed by atoms with van der Waals surface area (Å²) in [6.45, 7) is 4.64. The van der Waals surface area contributed by atoms with E-state index in [1.165, 1.54) is 12.3 Å². The molecule has 0 aliphatic carbocycles. The van der Waals surface area contributed by atoms with Crippen molar-refractivity contribution in [3.8, 4) is 5.88 Å². The van der Waals surface area contributed by atoms with Crippen LogP contribution in [0, 0.1) is 0 Å². The molecule has 0 unspecified atom stereocenters. The standard InChI is InChI=1S/C9H10F3NO.C2H6/c1-2-7-3-4-8(13-5-7)14-6-9(10,11)12;1-2/h3-5H,2,6H2,1H3;1-2H3. The number of hydrogen-bond acceptors (Lipinski definition) is 2. The molecule has 0 aliphatic heterocycles. The Morgan fingerprint density at radius 3 is 2.25 bits per heavy atom. The summed E-state index contributed by atoms with van der Waals surface area (Å²) in [6, 6.07) is 3.13. The van der Waals surface area contributed by atoms with Gasteiger partial charge in [-0.25, -0.2) is 4.98 Å². The SMILES string of the molecule is CC.CCc1ccc(OCC(F)(F)F)nc1. The molecule has 2 nitrogen and oxygen atoms in total. The van der Waals surface area contributed by atoms with Crippen molar-refractivity contribution in [3.63, 3.8) is 0 Å². The molecule has 0 fully saturated rings. The molecule has 92 valence electrons. The molecule has 0 aromatic carbocycles. The molecule has 0 saturated heterocycles. The lowest BCUT2D eigenvalue weighted by molar-refractivity contribution is -0.154. The van der Waals surface area contributed by atoms with Crippen LogP contribution in [0.3, 0.4) is 0 Å². The molecule has 1 heterocycles. The minimum absolute atomic E-state index is 0.000440. The Kier molecular flexibility index (Phi) is 6.53. The molecule has 0 amide bonds. The average Bonchev–Trinajstić information content (AvgIpc) is 2.29. The molecule has 0 aliphatic rings. The highest BCUT2D eigenvalue weighted by Gasteiger charge is 2.28. The predicted octanol–water partition coefficient (Wildman–Crippen LogP) is 3.61. The Bertz CT molecular complexity index is 282. The molecule has 1 rings (SSSR count). The number of halogens is 3. The number of nitrogens with zero attached hydrogens (tertiary/aromatic N) is 1. The summed E-state index contributed by atoms with van der Waals surface area (Å²) in [5, 5.41) is 0. The number of pyridine rings is 1. The molecule has 0 radical (unpaired) electrons. The topological polar surface area (TPSA) is 22.1 Å². The van der Waals surface area contributed by atoms with Gasteiger partial charge in [0.05, 0.1) is 0 Å². The van der Waals surface area contributed by atoms with Crippen LogP contribution in [0.1, 0.15) is 26.3 Å². The Balaban J connectivity index is 0.00000106. The fraction of sp³-hybridized carbons (Fsp3) is 0.545. The number of aromatic nitrogens is 1. The predicted molar refractivity (Wildman–Crippen MR) is 56.5 cm³/mol. The smallest absolute Gasteiger partial charge is 0.422 e. The van der Waals surface area contributed by atoms with E-state index < -0.39 is 12.8 Å². The zero-order valence-corrected chi connectivity index (χ0v) is 9.64. The Hall–Kier alpha value is -1.26. The fourth-order valence-electron chi connectivity index (χ4n) is 0.861. The zero-order chi connectivity index (χ0) is 12.6. The summed E-state index contributed by atoms with van der Waals surface area (Å²) in [4.78, 5) is 3.73. The first-order valence-electron chi connectivity index (χ1n) is 5.16. The molecular weight excluding hydrogens is 219 g/mol. The molecule has 0 saturated carbocycles. The van der Waals surface area contributed by atoms with E-state index in [1.54, 1.807) is 6.07 Å². The summed E-state index contributed by atoms with van der Waals surface area (Å²) >= 11 is 0. The van der Waals surface area contributed by atoms with Crippen molar-refractivity contribution >= 4 is 0 Å². The van der Waals surface area contributed by atoms with Crippen molar-refractivity contribution in [3.05, 3.63) is 23.9 Å². The van der Waals surface area contributed by atoms with Gasteiger partial charge in [0.2, 0.25) is 5.88 Å². The van der Waals surface area contributed by atoms with E-state index in [1.807, 2.05) is 20.8 Å².